The summed E-state index contributed by atoms with van der Waals surface area (Å²) in [5.41, 5.74) is 1.32. The summed E-state index contributed by atoms with van der Waals surface area (Å²) >= 11 is 0. The fourth-order valence-corrected chi connectivity index (χ4v) is 2.74. The summed E-state index contributed by atoms with van der Waals surface area (Å²) < 4.78 is 1.68. The first kappa shape index (κ1) is 16.6. The van der Waals surface area contributed by atoms with Crippen LogP contribution in [0.4, 0.5) is 0 Å². The maximum atomic E-state index is 10.0. The fourth-order valence-electron chi connectivity index (χ4n) is 2.74. The molecule has 128 valence electrons. The Kier molecular flexibility index (Phi) is 4.94. The molecule has 1 aliphatic carbocycles. The Bertz CT molecular complexity index is 683. The Balaban J connectivity index is 1.79. The average molecular weight is 328 g/mol. The highest BCUT2D eigenvalue weighted by molar-refractivity contribution is 5.99. The molecule has 2 aromatic rings. The lowest BCUT2D eigenvalue weighted by Gasteiger charge is -2.12. The maximum Gasteiger partial charge on any atom is 0.127 e. The number of oxime groups is 1. The van der Waals surface area contributed by atoms with Crippen molar-refractivity contribution in [3.8, 4) is 0 Å². The van der Waals surface area contributed by atoms with Crippen molar-refractivity contribution in [1.29, 1.82) is 0 Å². The molecule has 1 heterocycles. The van der Waals surface area contributed by atoms with E-state index in [0.29, 0.717) is 12.2 Å². The Morgan fingerprint density at radius 3 is 2.62 bits per heavy atom. The standard InChI is InChI=1S/C18H24N4O2/c1-18(2,23)17-13-22(21-19-17)12-16(14-8-4-3-5-9-14)20-24-15-10-6-7-11-15/h3-5,8-9,13,15,23H,6-7,10-12H2,1-2H3/b20-16+. The van der Waals surface area contributed by atoms with Crippen LogP contribution in [0.5, 0.6) is 0 Å². The smallest absolute Gasteiger partial charge is 0.127 e. The third kappa shape index (κ3) is 4.20. The molecule has 6 nitrogen and oxygen atoms in total. The van der Waals surface area contributed by atoms with Crippen LogP contribution in [0.25, 0.3) is 0 Å². The third-order valence-electron chi connectivity index (χ3n) is 4.20. The summed E-state index contributed by atoms with van der Waals surface area (Å²) in [7, 11) is 0. The largest absolute Gasteiger partial charge is 0.392 e. The van der Waals surface area contributed by atoms with Gasteiger partial charge in [-0.2, -0.15) is 0 Å². The minimum atomic E-state index is -1.01. The van der Waals surface area contributed by atoms with Crippen molar-refractivity contribution in [2.24, 2.45) is 5.16 Å². The molecule has 6 heteroatoms. The zero-order chi connectivity index (χ0) is 17.0. The molecule has 0 spiro atoms. The lowest BCUT2D eigenvalue weighted by Crippen LogP contribution is -2.16. The number of benzene rings is 1. The molecule has 0 saturated heterocycles. The summed E-state index contributed by atoms with van der Waals surface area (Å²) in [6.07, 6.45) is 6.51. The Morgan fingerprint density at radius 1 is 1.29 bits per heavy atom. The van der Waals surface area contributed by atoms with Crippen molar-refractivity contribution in [3.05, 3.63) is 47.8 Å². The van der Waals surface area contributed by atoms with Crippen molar-refractivity contribution in [1.82, 2.24) is 15.0 Å². The van der Waals surface area contributed by atoms with Gasteiger partial charge in [-0.1, -0.05) is 40.7 Å². The van der Waals surface area contributed by atoms with Gasteiger partial charge in [-0.15, -0.1) is 5.10 Å². The molecule has 1 aromatic heterocycles. The first-order chi connectivity index (χ1) is 11.5. The summed E-state index contributed by atoms with van der Waals surface area (Å²) in [4.78, 5) is 5.74. The van der Waals surface area contributed by atoms with Gasteiger partial charge >= 0.3 is 0 Å². The number of aliphatic hydroxyl groups is 1. The molecular weight excluding hydrogens is 304 g/mol. The molecule has 1 aliphatic rings. The number of nitrogens with zero attached hydrogens (tertiary/aromatic N) is 4. The van der Waals surface area contributed by atoms with Gasteiger partial charge in [-0.25, -0.2) is 4.68 Å². The van der Waals surface area contributed by atoms with E-state index in [1.54, 1.807) is 24.7 Å². The average Bonchev–Trinajstić information content (AvgIpc) is 3.23. The van der Waals surface area contributed by atoms with Crippen LogP contribution < -0.4 is 0 Å². The molecule has 0 atom stereocenters. The number of hydrogen-bond acceptors (Lipinski definition) is 5. The van der Waals surface area contributed by atoms with Gasteiger partial charge in [0, 0.05) is 5.56 Å². The predicted molar refractivity (Wildman–Crippen MR) is 91.6 cm³/mol. The maximum absolute atomic E-state index is 10.0. The second kappa shape index (κ2) is 7.13. The fraction of sp³-hybridized carbons (Fsp3) is 0.500. The minimum absolute atomic E-state index is 0.214. The third-order valence-corrected chi connectivity index (χ3v) is 4.20. The molecule has 0 bridgehead atoms. The zero-order valence-electron chi connectivity index (χ0n) is 14.2. The molecule has 3 rings (SSSR count). The second-order valence-electron chi connectivity index (χ2n) is 6.78. The van der Waals surface area contributed by atoms with Gasteiger partial charge in [0.1, 0.15) is 23.1 Å². The Hall–Kier alpha value is -2.21. The first-order valence-corrected chi connectivity index (χ1v) is 8.43. The SMILES string of the molecule is CC(C)(O)c1cn(C/C(=N\OC2CCCC2)c2ccccc2)nn1. The summed E-state index contributed by atoms with van der Waals surface area (Å²) in [6.45, 7) is 3.83. The van der Waals surface area contributed by atoms with Gasteiger partial charge in [0.05, 0.1) is 12.7 Å². The van der Waals surface area contributed by atoms with E-state index in [1.165, 1.54) is 12.8 Å². The van der Waals surface area contributed by atoms with E-state index in [1.807, 2.05) is 30.3 Å². The topological polar surface area (TPSA) is 72.5 Å². The van der Waals surface area contributed by atoms with Crippen LogP contribution >= 0.6 is 0 Å². The van der Waals surface area contributed by atoms with Crippen molar-refractivity contribution < 1.29 is 9.94 Å². The van der Waals surface area contributed by atoms with Crippen LogP contribution in [0.15, 0.2) is 41.7 Å². The quantitative estimate of drug-likeness (QED) is 0.654. The summed E-state index contributed by atoms with van der Waals surface area (Å²) in [5.74, 6) is 0. The van der Waals surface area contributed by atoms with Crippen LogP contribution in [0.2, 0.25) is 0 Å². The van der Waals surface area contributed by atoms with Crippen molar-refractivity contribution in [2.75, 3.05) is 0 Å². The number of aromatic nitrogens is 3. The Morgan fingerprint density at radius 2 is 2.00 bits per heavy atom. The molecule has 0 amide bonds. The number of rotatable bonds is 6. The van der Waals surface area contributed by atoms with Crippen molar-refractivity contribution in [3.63, 3.8) is 0 Å². The van der Waals surface area contributed by atoms with E-state index in [-0.39, 0.29) is 6.10 Å². The van der Waals surface area contributed by atoms with E-state index >= 15 is 0 Å². The van der Waals surface area contributed by atoms with E-state index < -0.39 is 5.60 Å². The summed E-state index contributed by atoms with van der Waals surface area (Å²) in [5, 5.41) is 22.6. The lowest BCUT2D eigenvalue weighted by molar-refractivity contribution is 0.0640. The van der Waals surface area contributed by atoms with Crippen LogP contribution in [-0.4, -0.2) is 31.9 Å². The van der Waals surface area contributed by atoms with Gasteiger partial charge < -0.3 is 9.94 Å². The van der Waals surface area contributed by atoms with Crippen LogP contribution in [0, 0.1) is 0 Å². The second-order valence-corrected chi connectivity index (χ2v) is 6.78. The molecular formula is C18H24N4O2. The van der Waals surface area contributed by atoms with Crippen LogP contribution in [0.3, 0.4) is 0 Å². The molecule has 0 radical (unpaired) electrons. The van der Waals surface area contributed by atoms with Gasteiger partial charge in [-0.05, 0) is 39.5 Å². The molecule has 0 aliphatic heterocycles. The molecule has 24 heavy (non-hydrogen) atoms. The molecule has 1 N–H and O–H groups in total. The first-order valence-electron chi connectivity index (χ1n) is 8.43. The van der Waals surface area contributed by atoms with E-state index in [4.69, 9.17) is 4.84 Å². The van der Waals surface area contributed by atoms with Gasteiger partial charge in [0.2, 0.25) is 0 Å². The number of hydrogen-bond donors (Lipinski definition) is 1. The molecule has 1 aromatic carbocycles. The van der Waals surface area contributed by atoms with Crippen molar-refractivity contribution >= 4 is 5.71 Å². The van der Waals surface area contributed by atoms with Gasteiger partial charge in [0.25, 0.3) is 0 Å². The van der Waals surface area contributed by atoms with Gasteiger partial charge in [0.15, 0.2) is 0 Å². The lowest BCUT2D eigenvalue weighted by atomic mass is 10.1. The highest BCUT2D eigenvalue weighted by Gasteiger charge is 2.21. The Labute approximate surface area is 142 Å². The normalized spacial score (nSPS) is 16.5. The van der Waals surface area contributed by atoms with Crippen molar-refractivity contribution in [2.45, 2.75) is 57.8 Å². The monoisotopic (exact) mass is 328 g/mol. The van der Waals surface area contributed by atoms with E-state index in [9.17, 15) is 5.11 Å². The van der Waals surface area contributed by atoms with E-state index in [2.05, 4.69) is 15.5 Å². The minimum Gasteiger partial charge on any atom is -0.392 e. The van der Waals surface area contributed by atoms with E-state index in [0.717, 1.165) is 24.1 Å². The highest BCUT2D eigenvalue weighted by atomic mass is 16.6. The molecule has 1 saturated carbocycles. The summed E-state index contributed by atoms with van der Waals surface area (Å²) in [6, 6.07) is 9.93. The molecule has 0 unspecified atom stereocenters. The predicted octanol–water partition coefficient (Wildman–Crippen LogP) is 2.87. The highest BCUT2D eigenvalue weighted by Crippen LogP contribution is 2.21. The molecule has 1 fully saturated rings. The zero-order valence-corrected chi connectivity index (χ0v) is 14.2. The van der Waals surface area contributed by atoms with Crippen LogP contribution in [0.1, 0.15) is 50.8 Å². The van der Waals surface area contributed by atoms with Gasteiger partial charge in [-0.3, -0.25) is 0 Å². The van der Waals surface area contributed by atoms with Crippen LogP contribution in [-0.2, 0) is 17.0 Å².